The molecule has 2 aromatic heterocycles. The Morgan fingerprint density at radius 3 is 2.57 bits per heavy atom. The monoisotopic (exact) mass is 549 g/mol. The molecule has 0 fully saturated rings. The van der Waals surface area contributed by atoms with Gasteiger partial charge in [-0.15, -0.1) is 0 Å². The molecule has 0 aromatic carbocycles. The lowest BCUT2D eigenvalue weighted by atomic mass is 10.1. The number of anilines is 2. The minimum atomic E-state index is -0.976. The molecule has 0 aliphatic heterocycles. The molecule has 0 aliphatic rings. The summed E-state index contributed by atoms with van der Waals surface area (Å²) in [5, 5.41) is 15.8. The molecule has 1 unspecified atom stereocenters. The van der Waals surface area contributed by atoms with Crippen molar-refractivity contribution in [3.05, 3.63) is 40.4 Å². The Morgan fingerprint density at radius 2 is 1.94 bits per heavy atom. The highest BCUT2D eigenvalue weighted by atomic mass is 79.9. The lowest BCUT2D eigenvalue weighted by Crippen LogP contribution is -2.40. The first-order valence-corrected chi connectivity index (χ1v) is 12.6. The summed E-state index contributed by atoms with van der Waals surface area (Å²) in [5.41, 5.74) is 2.23. The number of rotatable bonds is 15. The summed E-state index contributed by atoms with van der Waals surface area (Å²) in [6, 6.07) is 3.34. The standard InChI is InChI=1S/C24H36BrN7O3/c1-5-17-9-10-18(29-22(17)26-2)8-6-7-12-32(15-21(33)31(3)4)13-11-20(24(34)35)30-23-19(25)14-27-16-28-23/h9-10,14,16,20H,5-8,11-13,15H2,1-4H3,(H,26,29)(H,34,35)(H,27,28,30). The van der Waals surface area contributed by atoms with Crippen LogP contribution in [0.1, 0.15) is 37.4 Å². The van der Waals surface area contributed by atoms with Gasteiger partial charge in [0.05, 0.1) is 11.0 Å². The van der Waals surface area contributed by atoms with Crippen LogP contribution in [-0.4, -0.2) is 88.6 Å². The molecule has 3 N–H and O–H groups in total. The number of aliphatic carboxylic acids is 1. The van der Waals surface area contributed by atoms with Crippen molar-refractivity contribution >= 4 is 39.4 Å². The average molecular weight is 551 g/mol. The molecule has 0 saturated heterocycles. The van der Waals surface area contributed by atoms with Crippen molar-refractivity contribution in [1.29, 1.82) is 0 Å². The van der Waals surface area contributed by atoms with E-state index in [0.29, 0.717) is 29.8 Å². The summed E-state index contributed by atoms with van der Waals surface area (Å²) in [6.45, 7) is 3.50. The van der Waals surface area contributed by atoms with Crippen LogP contribution in [0, 0.1) is 0 Å². The fourth-order valence-corrected chi connectivity index (χ4v) is 3.90. The number of aromatic nitrogens is 3. The maximum atomic E-state index is 12.4. The number of nitrogens with one attached hydrogen (secondary N) is 2. The Bertz CT molecular complexity index is 974. The fraction of sp³-hybridized carbons (Fsp3) is 0.542. The van der Waals surface area contributed by atoms with Gasteiger partial charge in [0.15, 0.2) is 0 Å². The molecule has 0 bridgehead atoms. The van der Waals surface area contributed by atoms with E-state index in [0.717, 1.165) is 37.2 Å². The number of carboxylic acid groups (broad SMARTS) is 1. The van der Waals surface area contributed by atoms with Crippen LogP contribution in [0.3, 0.4) is 0 Å². The predicted octanol–water partition coefficient (Wildman–Crippen LogP) is 2.91. The van der Waals surface area contributed by atoms with Gasteiger partial charge in [-0.25, -0.2) is 19.7 Å². The smallest absolute Gasteiger partial charge is 0.326 e. The molecule has 10 nitrogen and oxygen atoms in total. The summed E-state index contributed by atoms with van der Waals surface area (Å²) < 4.78 is 0.591. The first-order chi connectivity index (χ1) is 16.7. The van der Waals surface area contributed by atoms with Gasteiger partial charge in [-0.2, -0.15) is 0 Å². The van der Waals surface area contributed by atoms with Gasteiger partial charge in [-0.1, -0.05) is 13.0 Å². The molecule has 1 atom stereocenters. The van der Waals surface area contributed by atoms with Crippen LogP contribution < -0.4 is 10.6 Å². The molecule has 2 aromatic rings. The fourth-order valence-electron chi connectivity index (χ4n) is 3.57. The highest BCUT2D eigenvalue weighted by molar-refractivity contribution is 9.10. The van der Waals surface area contributed by atoms with E-state index in [2.05, 4.69) is 55.6 Å². The van der Waals surface area contributed by atoms with Gasteiger partial charge >= 0.3 is 5.97 Å². The Labute approximate surface area is 215 Å². The SMILES string of the molecule is CCc1ccc(CCCCN(CCC(Nc2ncncc2Br)C(=O)O)CC(=O)N(C)C)nc1NC. The van der Waals surface area contributed by atoms with E-state index in [-0.39, 0.29) is 12.5 Å². The number of halogens is 1. The van der Waals surface area contributed by atoms with Crippen LogP contribution in [0.25, 0.3) is 0 Å². The minimum absolute atomic E-state index is 0.0149. The maximum Gasteiger partial charge on any atom is 0.326 e. The zero-order valence-electron chi connectivity index (χ0n) is 20.9. The van der Waals surface area contributed by atoms with Gasteiger partial charge in [0.2, 0.25) is 5.91 Å². The van der Waals surface area contributed by atoms with Gasteiger partial charge in [0, 0.05) is 39.6 Å². The molecule has 0 radical (unpaired) electrons. The number of unbranched alkanes of at least 4 members (excludes halogenated alkanes) is 1. The topological polar surface area (TPSA) is 124 Å². The van der Waals surface area contributed by atoms with Crippen molar-refractivity contribution in [1.82, 2.24) is 24.8 Å². The lowest BCUT2D eigenvalue weighted by molar-refractivity contribution is -0.138. The molecule has 2 heterocycles. The number of nitrogens with zero attached hydrogens (tertiary/aromatic N) is 5. The second-order valence-corrected chi connectivity index (χ2v) is 9.33. The van der Waals surface area contributed by atoms with Crippen molar-refractivity contribution in [3.63, 3.8) is 0 Å². The molecule has 0 aliphatic carbocycles. The van der Waals surface area contributed by atoms with Crippen molar-refractivity contribution in [3.8, 4) is 0 Å². The Hall–Kier alpha value is -2.79. The Morgan fingerprint density at radius 1 is 1.17 bits per heavy atom. The normalized spacial score (nSPS) is 11.8. The Balaban J connectivity index is 1.95. The quantitative estimate of drug-likeness (QED) is 0.287. The van der Waals surface area contributed by atoms with Crippen LogP contribution in [0.4, 0.5) is 11.6 Å². The number of pyridine rings is 1. The number of hydrogen-bond acceptors (Lipinski definition) is 8. The first-order valence-electron chi connectivity index (χ1n) is 11.8. The van der Waals surface area contributed by atoms with Crippen LogP contribution in [-0.2, 0) is 22.4 Å². The van der Waals surface area contributed by atoms with E-state index in [1.165, 1.54) is 11.9 Å². The van der Waals surface area contributed by atoms with Crippen molar-refractivity contribution in [2.75, 3.05) is 51.4 Å². The number of aryl methyl sites for hydroxylation is 2. The van der Waals surface area contributed by atoms with Gasteiger partial charge in [-0.05, 0) is 66.2 Å². The van der Waals surface area contributed by atoms with E-state index in [1.807, 2.05) is 11.9 Å². The van der Waals surface area contributed by atoms with Crippen LogP contribution in [0.15, 0.2) is 29.1 Å². The van der Waals surface area contributed by atoms with E-state index in [9.17, 15) is 14.7 Å². The zero-order valence-corrected chi connectivity index (χ0v) is 22.5. The average Bonchev–Trinajstić information content (AvgIpc) is 2.84. The highest BCUT2D eigenvalue weighted by Gasteiger charge is 2.21. The van der Waals surface area contributed by atoms with Crippen LogP contribution in [0.2, 0.25) is 0 Å². The zero-order chi connectivity index (χ0) is 25.8. The summed E-state index contributed by atoms with van der Waals surface area (Å²) in [5.74, 6) is 0.354. The summed E-state index contributed by atoms with van der Waals surface area (Å²) in [6.07, 6.45) is 6.79. The van der Waals surface area contributed by atoms with Crippen molar-refractivity contribution in [2.45, 2.75) is 45.1 Å². The number of carbonyl (C=O) groups is 2. The first kappa shape index (κ1) is 28.4. The number of carbonyl (C=O) groups excluding carboxylic acids is 1. The summed E-state index contributed by atoms with van der Waals surface area (Å²) in [7, 11) is 5.33. The third-order valence-electron chi connectivity index (χ3n) is 5.68. The number of hydrogen-bond donors (Lipinski definition) is 3. The summed E-state index contributed by atoms with van der Waals surface area (Å²) >= 11 is 3.33. The maximum absolute atomic E-state index is 12.4. The Kier molecular flexibility index (Phi) is 11.8. The van der Waals surface area contributed by atoms with Gasteiger partial charge < -0.3 is 20.6 Å². The van der Waals surface area contributed by atoms with Crippen LogP contribution in [0.5, 0.6) is 0 Å². The van der Waals surface area contributed by atoms with E-state index < -0.39 is 12.0 Å². The second-order valence-electron chi connectivity index (χ2n) is 8.48. The molecule has 0 spiro atoms. The number of carboxylic acids is 1. The molecule has 0 saturated carbocycles. The lowest BCUT2D eigenvalue weighted by Gasteiger charge is -2.25. The van der Waals surface area contributed by atoms with Gasteiger partial charge in [-0.3, -0.25) is 9.69 Å². The van der Waals surface area contributed by atoms with Gasteiger partial charge in [0.25, 0.3) is 0 Å². The largest absolute Gasteiger partial charge is 0.480 e. The number of amides is 1. The highest BCUT2D eigenvalue weighted by Crippen LogP contribution is 2.19. The van der Waals surface area contributed by atoms with E-state index in [4.69, 9.17) is 4.98 Å². The number of likely N-dealkylation sites (N-methyl/N-ethyl adjacent to an activating group) is 1. The van der Waals surface area contributed by atoms with Gasteiger partial charge in [0.1, 0.15) is 24.0 Å². The summed E-state index contributed by atoms with van der Waals surface area (Å²) in [4.78, 5) is 40.5. The third kappa shape index (κ3) is 9.41. The predicted molar refractivity (Wildman–Crippen MR) is 141 cm³/mol. The molecule has 1 amide bonds. The third-order valence-corrected chi connectivity index (χ3v) is 6.26. The van der Waals surface area contributed by atoms with Crippen LogP contribution >= 0.6 is 15.9 Å². The van der Waals surface area contributed by atoms with Crippen molar-refractivity contribution < 1.29 is 14.7 Å². The van der Waals surface area contributed by atoms with Crippen molar-refractivity contribution in [2.24, 2.45) is 0 Å². The minimum Gasteiger partial charge on any atom is -0.480 e. The van der Waals surface area contributed by atoms with E-state index in [1.54, 1.807) is 25.2 Å². The molecule has 35 heavy (non-hydrogen) atoms. The second kappa shape index (κ2) is 14.6. The molecular weight excluding hydrogens is 514 g/mol. The molecule has 192 valence electrons. The molecular formula is C24H36BrN7O3. The molecule has 11 heteroatoms. The van der Waals surface area contributed by atoms with E-state index >= 15 is 0 Å². The molecule has 2 rings (SSSR count).